The second-order valence-corrected chi connectivity index (χ2v) is 9.80. The van der Waals surface area contributed by atoms with Gasteiger partial charge < -0.3 is 24.6 Å². The van der Waals surface area contributed by atoms with E-state index in [1.54, 1.807) is 12.4 Å². The first-order chi connectivity index (χ1) is 17.4. The SMILES string of the molecule is O=C(O)C(c1ncn2c1CCC2)N1Cc2c(F)cc(-c3ccc(N4CCC(O)CC4)cc3)cc2C1=O. The minimum Gasteiger partial charge on any atom is -0.479 e. The highest BCUT2D eigenvalue weighted by Crippen LogP contribution is 2.37. The minimum absolute atomic E-state index is 0.108. The fourth-order valence-electron chi connectivity index (χ4n) is 5.68. The first kappa shape index (κ1) is 22.7. The van der Waals surface area contributed by atoms with Crippen molar-refractivity contribution >= 4 is 17.6 Å². The van der Waals surface area contributed by atoms with Gasteiger partial charge in [0.05, 0.1) is 24.7 Å². The second-order valence-electron chi connectivity index (χ2n) is 9.80. The zero-order valence-corrected chi connectivity index (χ0v) is 19.7. The number of aliphatic hydroxyl groups is 1. The van der Waals surface area contributed by atoms with Crippen molar-refractivity contribution < 1.29 is 24.2 Å². The monoisotopic (exact) mass is 490 g/mol. The van der Waals surface area contributed by atoms with Crippen molar-refractivity contribution in [3.63, 3.8) is 0 Å². The zero-order valence-electron chi connectivity index (χ0n) is 19.7. The fraction of sp³-hybridized carbons (Fsp3) is 0.370. The van der Waals surface area contributed by atoms with E-state index in [9.17, 15) is 19.8 Å². The number of piperidine rings is 1. The largest absolute Gasteiger partial charge is 0.479 e. The third-order valence-electron chi connectivity index (χ3n) is 7.64. The molecule has 186 valence electrons. The third-order valence-corrected chi connectivity index (χ3v) is 7.64. The van der Waals surface area contributed by atoms with Crippen molar-refractivity contribution in [3.05, 3.63) is 71.1 Å². The summed E-state index contributed by atoms with van der Waals surface area (Å²) in [6.07, 6.45) is 4.45. The number of fused-ring (bicyclic) bond motifs is 2. The summed E-state index contributed by atoms with van der Waals surface area (Å²) in [6, 6.07) is 9.53. The molecule has 1 fully saturated rings. The van der Waals surface area contributed by atoms with Crippen molar-refractivity contribution in [2.24, 2.45) is 0 Å². The van der Waals surface area contributed by atoms with Crippen LogP contribution in [0.15, 0.2) is 42.7 Å². The molecular weight excluding hydrogens is 463 g/mol. The lowest BCUT2D eigenvalue weighted by Gasteiger charge is -2.31. The van der Waals surface area contributed by atoms with E-state index < -0.39 is 23.7 Å². The van der Waals surface area contributed by atoms with Crippen LogP contribution in [0.25, 0.3) is 11.1 Å². The molecule has 4 heterocycles. The van der Waals surface area contributed by atoms with Crippen molar-refractivity contribution in [2.75, 3.05) is 18.0 Å². The van der Waals surface area contributed by atoms with Gasteiger partial charge in [0.15, 0.2) is 6.04 Å². The number of carbonyl (C=O) groups is 2. The highest BCUT2D eigenvalue weighted by Gasteiger charge is 2.41. The highest BCUT2D eigenvalue weighted by atomic mass is 19.1. The predicted octanol–water partition coefficient (Wildman–Crippen LogP) is 3.38. The van der Waals surface area contributed by atoms with E-state index in [0.717, 1.165) is 55.8 Å². The van der Waals surface area contributed by atoms with Gasteiger partial charge in [0.2, 0.25) is 0 Å². The van der Waals surface area contributed by atoms with Gasteiger partial charge in [0.1, 0.15) is 5.82 Å². The molecule has 0 spiro atoms. The fourth-order valence-corrected chi connectivity index (χ4v) is 5.68. The second kappa shape index (κ2) is 8.74. The topological polar surface area (TPSA) is 98.9 Å². The average molecular weight is 491 g/mol. The van der Waals surface area contributed by atoms with E-state index >= 15 is 4.39 Å². The molecule has 1 unspecified atom stereocenters. The number of nitrogens with zero attached hydrogens (tertiary/aromatic N) is 4. The van der Waals surface area contributed by atoms with Gasteiger partial charge in [-0.3, -0.25) is 4.79 Å². The molecule has 3 aliphatic rings. The smallest absolute Gasteiger partial charge is 0.332 e. The van der Waals surface area contributed by atoms with Crippen LogP contribution in [0.4, 0.5) is 10.1 Å². The van der Waals surface area contributed by atoms with Gasteiger partial charge in [0, 0.05) is 42.1 Å². The number of imidazole rings is 1. The molecule has 9 heteroatoms. The average Bonchev–Trinajstić information content (AvgIpc) is 3.57. The molecule has 0 radical (unpaired) electrons. The molecule has 8 nitrogen and oxygen atoms in total. The van der Waals surface area contributed by atoms with Gasteiger partial charge in [-0.05, 0) is 61.1 Å². The molecule has 0 saturated carbocycles. The van der Waals surface area contributed by atoms with Crippen LogP contribution >= 0.6 is 0 Å². The maximum absolute atomic E-state index is 15.2. The number of rotatable bonds is 5. The summed E-state index contributed by atoms with van der Waals surface area (Å²) in [5.74, 6) is -2.20. The van der Waals surface area contributed by atoms with Gasteiger partial charge >= 0.3 is 5.97 Å². The first-order valence-corrected chi connectivity index (χ1v) is 12.3. The molecule has 6 rings (SSSR count). The molecule has 0 aliphatic carbocycles. The molecule has 3 aromatic rings. The Morgan fingerprint density at radius 1 is 1.08 bits per heavy atom. The number of amides is 1. The maximum atomic E-state index is 15.2. The van der Waals surface area contributed by atoms with Gasteiger partial charge in [-0.1, -0.05) is 12.1 Å². The molecule has 2 N–H and O–H groups in total. The van der Waals surface area contributed by atoms with Crippen molar-refractivity contribution in [1.82, 2.24) is 14.5 Å². The van der Waals surface area contributed by atoms with E-state index in [4.69, 9.17) is 0 Å². The number of halogens is 1. The minimum atomic E-state index is -1.26. The lowest BCUT2D eigenvalue weighted by molar-refractivity contribution is -0.142. The Labute approximate surface area is 207 Å². The molecule has 1 amide bonds. The number of carboxylic acid groups (broad SMARTS) is 1. The number of aliphatic carboxylic acids is 1. The summed E-state index contributed by atoms with van der Waals surface area (Å²) in [4.78, 5) is 33.4. The summed E-state index contributed by atoms with van der Waals surface area (Å²) in [7, 11) is 0. The number of aliphatic hydroxyl groups excluding tert-OH is 1. The lowest BCUT2D eigenvalue weighted by Crippen LogP contribution is -2.35. The van der Waals surface area contributed by atoms with Crippen LogP contribution in [0.2, 0.25) is 0 Å². The Hall–Kier alpha value is -3.72. The number of benzene rings is 2. The quantitative estimate of drug-likeness (QED) is 0.569. The summed E-state index contributed by atoms with van der Waals surface area (Å²) < 4.78 is 17.2. The van der Waals surface area contributed by atoms with Crippen LogP contribution in [0.1, 0.15) is 52.6 Å². The van der Waals surface area contributed by atoms with Crippen molar-refractivity contribution in [1.29, 1.82) is 0 Å². The summed E-state index contributed by atoms with van der Waals surface area (Å²) in [5, 5.41) is 19.8. The lowest BCUT2D eigenvalue weighted by atomic mass is 9.99. The Bertz CT molecular complexity index is 1340. The number of aromatic nitrogens is 2. The van der Waals surface area contributed by atoms with Crippen LogP contribution < -0.4 is 4.90 Å². The van der Waals surface area contributed by atoms with Crippen LogP contribution in [-0.4, -0.2) is 55.7 Å². The number of carboxylic acids is 1. The first-order valence-electron chi connectivity index (χ1n) is 12.3. The predicted molar refractivity (Wildman–Crippen MR) is 130 cm³/mol. The summed E-state index contributed by atoms with van der Waals surface area (Å²) in [5.41, 5.74) is 3.97. The van der Waals surface area contributed by atoms with E-state index in [1.165, 1.54) is 11.0 Å². The van der Waals surface area contributed by atoms with E-state index in [-0.39, 0.29) is 23.8 Å². The Morgan fingerprint density at radius 2 is 1.83 bits per heavy atom. The Balaban J connectivity index is 1.28. The van der Waals surface area contributed by atoms with Gasteiger partial charge in [-0.25, -0.2) is 14.2 Å². The Kier molecular flexibility index (Phi) is 5.52. The molecular formula is C27H27FN4O4. The van der Waals surface area contributed by atoms with Gasteiger partial charge in [-0.15, -0.1) is 0 Å². The maximum Gasteiger partial charge on any atom is 0.332 e. The molecule has 0 bridgehead atoms. The van der Waals surface area contributed by atoms with Crippen LogP contribution in [0.3, 0.4) is 0 Å². The van der Waals surface area contributed by atoms with E-state index in [0.29, 0.717) is 17.7 Å². The Morgan fingerprint density at radius 3 is 2.56 bits per heavy atom. The van der Waals surface area contributed by atoms with Gasteiger partial charge in [-0.2, -0.15) is 0 Å². The molecule has 2 aromatic carbocycles. The number of anilines is 1. The standard InChI is InChI=1S/C27H27FN4O4/c28-22-13-17(16-3-5-18(6-4-16)30-10-7-19(33)8-11-30)12-20-21(22)14-32(26(20)34)25(27(35)36)24-23-2-1-9-31(23)15-29-24/h3-6,12-13,15,19,25,33H,1-2,7-11,14H2,(H,35,36). The molecule has 3 aliphatic heterocycles. The van der Waals surface area contributed by atoms with Gasteiger partial charge in [0.25, 0.3) is 5.91 Å². The highest BCUT2D eigenvalue weighted by molar-refractivity contribution is 6.01. The molecule has 1 saturated heterocycles. The third kappa shape index (κ3) is 3.74. The van der Waals surface area contributed by atoms with Crippen LogP contribution in [-0.2, 0) is 24.3 Å². The van der Waals surface area contributed by atoms with Crippen LogP contribution in [0.5, 0.6) is 0 Å². The van der Waals surface area contributed by atoms with E-state index in [1.807, 2.05) is 28.8 Å². The molecule has 1 aromatic heterocycles. The van der Waals surface area contributed by atoms with Crippen molar-refractivity contribution in [2.45, 2.75) is 50.9 Å². The molecule has 36 heavy (non-hydrogen) atoms. The molecule has 1 atom stereocenters. The van der Waals surface area contributed by atoms with Crippen LogP contribution in [0, 0.1) is 5.82 Å². The zero-order chi connectivity index (χ0) is 25.0. The number of aryl methyl sites for hydroxylation is 1. The summed E-state index contributed by atoms with van der Waals surface area (Å²) in [6.45, 7) is 2.23. The number of hydrogen-bond acceptors (Lipinski definition) is 5. The van der Waals surface area contributed by atoms with E-state index in [2.05, 4.69) is 9.88 Å². The summed E-state index contributed by atoms with van der Waals surface area (Å²) >= 11 is 0. The number of hydrogen-bond donors (Lipinski definition) is 2. The van der Waals surface area contributed by atoms with Crippen molar-refractivity contribution in [3.8, 4) is 11.1 Å². The number of carbonyl (C=O) groups excluding carboxylic acids is 1. The normalized spacial score (nSPS) is 18.4.